The number of benzene rings is 1. The van der Waals surface area contributed by atoms with Crippen LogP contribution in [0.5, 0.6) is 0 Å². The largest absolute Gasteiger partial charge is 0.336 e. The third-order valence-corrected chi connectivity index (χ3v) is 6.12. The molecule has 2 aliphatic heterocycles. The zero-order valence-electron chi connectivity index (χ0n) is 17.2. The maximum atomic E-state index is 13.4. The minimum Gasteiger partial charge on any atom is -0.336 e. The summed E-state index contributed by atoms with van der Waals surface area (Å²) in [6.45, 7) is 2.20. The summed E-state index contributed by atoms with van der Waals surface area (Å²) in [5.41, 5.74) is 2.90. The number of aromatic nitrogens is 6. The zero-order valence-corrected chi connectivity index (χ0v) is 17.2. The number of carbonyl (C=O) groups excluding carboxylic acids is 1. The third-order valence-electron chi connectivity index (χ3n) is 6.12. The Balaban J connectivity index is 1.21. The average Bonchev–Trinajstić information content (AvgIpc) is 3.49. The lowest BCUT2D eigenvalue weighted by Gasteiger charge is -2.43. The topological polar surface area (TPSA) is 92.9 Å². The number of carbonyl (C=O) groups is 1. The minimum absolute atomic E-state index is 0.00425. The van der Waals surface area contributed by atoms with Gasteiger partial charge in [-0.25, -0.2) is 9.97 Å². The van der Waals surface area contributed by atoms with Gasteiger partial charge in [-0.3, -0.25) is 9.78 Å². The maximum absolute atomic E-state index is 13.4. The standard InChI is InChI=1S/C23H20N8O/c32-22(17-5-1-2-7-20(17)31-26-11-12-27-31)29-13-16-14-30(21(16)15-29)23-25-10-8-19(28-23)18-6-3-4-9-24-18/h1-12,16,21H,13-15H2. The molecular formula is C23H20N8O. The first kappa shape index (κ1) is 18.6. The predicted octanol–water partition coefficient (Wildman–Crippen LogP) is 2.08. The lowest BCUT2D eigenvalue weighted by atomic mass is 9.93. The molecule has 0 aliphatic carbocycles. The van der Waals surface area contributed by atoms with Crippen LogP contribution in [0.3, 0.4) is 0 Å². The van der Waals surface area contributed by atoms with Crippen LogP contribution in [0.2, 0.25) is 0 Å². The number of pyridine rings is 1. The quantitative estimate of drug-likeness (QED) is 0.495. The Morgan fingerprint density at radius 2 is 1.66 bits per heavy atom. The average molecular weight is 424 g/mol. The van der Waals surface area contributed by atoms with Gasteiger partial charge >= 0.3 is 0 Å². The molecule has 2 fully saturated rings. The molecule has 9 heteroatoms. The van der Waals surface area contributed by atoms with E-state index in [4.69, 9.17) is 4.98 Å². The summed E-state index contributed by atoms with van der Waals surface area (Å²) in [5.74, 6) is 1.09. The van der Waals surface area contributed by atoms with E-state index in [0.29, 0.717) is 29.7 Å². The van der Waals surface area contributed by atoms with Crippen LogP contribution < -0.4 is 4.90 Å². The van der Waals surface area contributed by atoms with E-state index in [-0.39, 0.29) is 11.9 Å². The molecular weight excluding hydrogens is 404 g/mol. The Bertz CT molecular complexity index is 1260. The van der Waals surface area contributed by atoms with Gasteiger partial charge in [0.25, 0.3) is 5.91 Å². The lowest BCUT2D eigenvalue weighted by molar-refractivity contribution is 0.0789. The summed E-state index contributed by atoms with van der Waals surface area (Å²) in [4.78, 5) is 32.6. The number of likely N-dealkylation sites (tertiary alicyclic amines) is 1. The number of para-hydroxylation sites is 1. The molecule has 0 bridgehead atoms. The second-order valence-corrected chi connectivity index (χ2v) is 7.98. The monoisotopic (exact) mass is 424 g/mol. The molecule has 4 aromatic rings. The van der Waals surface area contributed by atoms with Gasteiger partial charge in [-0.15, -0.1) is 0 Å². The second-order valence-electron chi connectivity index (χ2n) is 7.98. The second kappa shape index (κ2) is 7.52. The van der Waals surface area contributed by atoms with E-state index in [0.717, 1.165) is 24.5 Å². The highest BCUT2D eigenvalue weighted by molar-refractivity contribution is 5.98. The summed E-state index contributed by atoms with van der Waals surface area (Å²) in [5, 5.41) is 8.38. The highest BCUT2D eigenvalue weighted by atomic mass is 16.2. The molecule has 1 aromatic carbocycles. The van der Waals surface area contributed by atoms with E-state index in [1.807, 2.05) is 53.4 Å². The van der Waals surface area contributed by atoms with Gasteiger partial charge in [0.2, 0.25) is 5.95 Å². The highest BCUT2D eigenvalue weighted by Crippen LogP contribution is 2.36. The first-order valence-corrected chi connectivity index (χ1v) is 10.5. The molecule has 9 nitrogen and oxygen atoms in total. The fourth-order valence-corrected chi connectivity index (χ4v) is 4.52. The first-order chi connectivity index (χ1) is 15.8. The van der Waals surface area contributed by atoms with Gasteiger partial charge in [0.1, 0.15) is 0 Å². The fraction of sp³-hybridized carbons (Fsp3) is 0.217. The van der Waals surface area contributed by atoms with Crippen molar-refractivity contribution in [2.75, 3.05) is 24.5 Å². The number of fused-ring (bicyclic) bond motifs is 1. The summed E-state index contributed by atoms with van der Waals surface area (Å²) >= 11 is 0. The Morgan fingerprint density at radius 1 is 0.812 bits per heavy atom. The summed E-state index contributed by atoms with van der Waals surface area (Å²) in [6.07, 6.45) is 6.74. The predicted molar refractivity (Wildman–Crippen MR) is 117 cm³/mol. The van der Waals surface area contributed by atoms with Crippen LogP contribution in [0, 0.1) is 5.92 Å². The zero-order chi connectivity index (χ0) is 21.5. The van der Waals surface area contributed by atoms with Gasteiger partial charge in [0.15, 0.2) is 0 Å². The summed E-state index contributed by atoms with van der Waals surface area (Å²) < 4.78 is 0. The first-order valence-electron chi connectivity index (χ1n) is 10.5. The smallest absolute Gasteiger partial charge is 0.256 e. The number of nitrogens with zero attached hydrogens (tertiary/aromatic N) is 8. The minimum atomic E-state index is -0.00425. The van der Waals surface area contributed by atoms with Crippen LogP contribution in [0.15, 0.2) is 73.3 Å². The van der Waals surface area contributed by atoms with E-state index < -0.39 is 0 Å². The van der Waals surface area contributed by atoms with Crippen LogP contribution in [0.1, 0.15) is 10.4 Å². The normalized spacial score (nSPS) is 19.5. The molecule has 1 amide bonds. The Labute approximate surface area is 184 Å². The Kier molecular flexibility index (Phi) is 4.38. The van der Waals surface area contributed by atoms with Crippen molar-refractivity contribution in [3.8, 4) is 17.1 Å². The summed E-state index contributed by atoms with van der Waals surface area (Å²) in [6, 6.07) is 15.3. The van der Waals surface area contributed by atoms with Crippen molar-refractivity contribution in [2.45, 2.75) is 6.04 Å². The highest BCUT2D eigenvalue weighted by Gasteiger charge is 2.48. The number of hydrogen-bond acceptors (Lipinski definition) is 7. The van der Waals surface area contributed by atoms with Crippen molar-refractivity contribution in [3.05, 3.63) is 78.9 Å². The van der Waals surface area contributed by atoms with E-state index >= 15 is 0 Å². The number of amides is 1. The molecule has 5 heterocycles. The molecule has 158 valence electrons. The number of rotatable bonds is 4. The fourth-order valence-electron chi connectivity index (χ4n) is 4.52. The van der Waals surface area contributed by atoms with Gasteiger partial charge in [-0.2, -0.15) is 15.0 Å². The Morgan fingerprint density at radius 3 is 2.50 bits per heavy atom. The molecule has 3 aromatic heterocycles. The van der Waals surface area contributed by atoms with E-state index in [1.165, 1.54) is 4.80 Å². The molecule has 0 saturated carbocycles. The number of anilines is 1. The van der Waals surface area contributed by atoms with Crippen LogP contribution in [0.4, 0.5) is 5.95 Å². The van der Waals surface area contributed by atoms with Gasteiger partial charge in [-0.05, 0) is 30.3 Å². The summed E-state index contributed by atoms with van der Waals surface area (Å²) in [7, 11) is 0. The van der Waals surface area contributed by atoms with Gasteiger partial charge in [0, 0.05) is 37.9 Å². The molecule has 32 heavy (non-hydrogen) atoms. The molecule has 2 atom stereocenters. The molecule has 2 unspecified atom stereocenters. The van der Waals surface area contributed by atoms with E-state index in [1.54, 1.807) is 24.8 Å². The molecule has 6 rings (SSSR count). The van der Waals surface area contributed by atoms with Crippen molar-refractivity contribution >= 4 is 11.9 Å². The number of hydrogen-bond donors (Lipinski definition) is 0. The lowest BCUT2D eigenvalue weighted by Crippen LogP contribution is -2.56. The van der Waals surface area contributed by atoms with Crippen LogP contribution in [-0.2, 0) is 0 Å². The molecule has 2 saturated heterocycles. The van der Waals surface area contributed by atoms with E-state index in [9.17, 15) is 4.79 Å². The van der Waals surface area contributed by atoms with Gasteiger partial charge in [0.05, 0.1) is 41.1 Å². The van der Waals surface area contributed by atoms with Crippen molar-refractivity contribution in [3.63, 3.8) is 0 Å². The molecule has 0 spiro atoms. The Hall–Kier alpha value is -4.14. The molecule has 0 N–H and O–H groups in total. The van der Waals surface area contributed by atoms with Crippen molar-refractivity contribution in [2.24, 2.45) is 5.92 Å². The van der Waals surface area contributed by atoms with Crippen LogP contribution in [0.25, 0.3) is 17.1 Å². The maximum Gasteiger partial charge on any atom is 0.256 e. The van der Waals surface area contributed by atoms with Crippen molar-refractivity contribution in [1.82, 2.24) is 34.8 Å². The van der Waals surface area contributed by atoms with Crippen LogP contribution in [-0.4, -0.2) is 66.4 Å². The third kappa shape index (κ3) is 3.09. The van der Waals surface area contributed by atoms with Crippen molar-refractivity contribution < 1.29 is 4.79 Å². The molecule has 2 aliphatic rings. The van der Waals surface area contributed by atoms with Crippen molar-refractivity contribution in [1.29, 1.82) is 0 Å². The van der Waals surface area contributed by atoms with Crippen LogP contribution >= 0.6 is 0 Å². The SMILES string of the molecule is O=C(c1ccccc1-n1nccn1)N1CC2CN(c3nccc(-c4ccccn4)n3)C2C1. The molecule has 0 radical (unpaired) electrons. The van der Waals surface area contributed by atoms with Gasteiger partial charge < -0.3 is 9.80 Å². The van der Waals surface area contributed by atoms with Gasteiger partial charge in [-0.1, -0.05) is 18.2 Å². The van der Waals surface area contributed by atoms with E-state index in [2.05, 4.69) is 25.1 Å².